The van der Waals surface area contributed by atoms with E-state index in [1.165, 1.54) is 7.11 Å². The molecule has 0 radical (unpaired) electrons. The van der Waals surface area contributed by atoms with Crippen molar-refractivity contribution in [3.63, 3.8) is 0 Å². The van der Waals surface area contributed by atoms with Gasteiger partial charge < -0.3 is 18.6 Å². The Morgan fingerprint density at radius 2 is 1.88 bits per heavy atom. The number of aryl methyl sites for hydroxylation is 3. The van der Waals surface area contributed by atoms with Crippen molar-refractivity contribution in [3.8, 4) is 17.2 Å². The fourth-order valence-corrected chi connectivity index (χ4v) is 3.74. The number of esters is 1. The first-order valence-corrected chi connectivity index (χ1v) is 10.8. The van der Waals surface area contributed by atoms with E-state index in [0.29, 0.717) is 29.7 Å². The van der Waals surface area contributed by atoms with Gasteiger partial charge in [0, 0.05) is 23.6 Å². The molecule has 0 N–H and O–H groups in total. The molecule has 0 saturated carbocycles. The number of methoxy groups -OCH3 is 1. The number of carbonyl (C=O) groups is 1. The van der Waals surface area contributed by atoms with Gasteiger partial charge in [0.25, 0.3) is 0 Å². The number of carbonyl (C=O) groups excluding carboxylic acids is 1. The highest BCUT2D eigenvalue weighted by Gasteiger charge is 2.22. The summed E-state index contributed by atoms with van der Waals surface area (Å²) in [6, 6.07) is 11.3. The van der Waals surface area contributed by atoms with E-state index < -0.39 is 6.10 Å². The molecule has 0 fully saturated rings. The van der Waals surface area contributed by atoms with Crippen LogP contribution < -0.4 is 4.74 Å². The number of hydrogen-bond acceptors (Lipinski definition) is 6. The minimum absolute atomic E-state index is 0.276. The van der Waals surface area contributed by atoms with E-state index in [4.69, 9.17) is 30.2 Å². The van der Waals surface area contributed by atoms with Gasteiger partial charge >= 0.3 is 5.97 Å². The van der Waals surface area contributed by atoms with E-state index in [-0.39, 0.29) is 12.6 Å². The normalized spacial score (nSPS) is 11.9. The molecule has 7 heteroatoms. The van der Waals surface area contributed by atoms with Gasteiger partial charge in [0.15, 0.2) is 6.10 Å². The zero-order valence-corrected chi connectivity index (χ0v) is 19.8. The largest absolute Gasteiger partial charge is 0.487 e. The predicted molar refractivity (Wildman–Crippen MR) is 123 cm³/mol. The summed E-state index contributed by atoms with van der Waals surface area (Å²) in [5.41, 5.74) is 4.62. The van der Waals surface area contributed by atoms with E-state index >= 15 is 0 Å². The lowest BCUT2D eigenvalue weighted by atomic mass is 9.97. The number of benzene rings is 2. The fourth-order valence-electron chi connectivity index (χ4n) is 3.55. The van der Waals surface area contributed by atoms with Crippen LogP contribution in [0, 0.1) is 20.8 Å². The molecule has 0 aliphatic heterocycles. The van der Waals surface area contributed by atoms with Gasteiger partial charge in [-0.1, -0.05) is 17.7 Å². The summed E-state index contributed by atoms with van der Waals surface area (Å²) >= 11 is 6.07. The first-order chi connectivity index (χ1) is 15.3. The molecule has 170 valence electrons. The van der Waals surface area contributed by atoms with Crippen LogP contribution >= 0.6 is 11.6 Å². The van der Waals surface area contributed by atoms with Crippen molar-refractivity contribution < 1.29 is 23.4 Å². The van der Waals surface area contributed by atoms with Crippen molar-refractivity contribution in [1.82, 2.24) is 4.98 Å². The Morgan fingerprint density at radius 3 is 2.50 bits per heavy atom. The third-order valence-corrected chi connectivity index (χ3v) is 5.47. The lowest BCUT2D eigenvalue weighted by Crippen LogP contribution is -2.28. The Hall–Kier alpha value is -2.83. The van der Waals surface area contributed by atoms with E-state index in [1.54, 1.807) is 6.07 Å². The van der Waals surface area contributed by atoms with E-state index in [0.717, 1.165) is 33.7 Å². The number of rotatable bonds is 9. The summed E-state index contributed by atoms with van der Waals surface area (Å²) in [7, 11) is 1.37. The van der Waals surface area contributed by atoms with Crippen LogP contribution in [-0.2, 0) is 27.3 Å². The van der Waals surface area contributed by atoms with Crippen LogP contribution in [0.2, 0.25) is 5.02 Å². The molecule has 0 saturated heterocycles. The number of ether oxygens (including phenoxy) is 3. The second-order valence-corrected chi connectivity index (χ2v) is 7.96. The first kappa shape index (κ1) is 23.8. The van der Waals surface area contributed by atoms with E-state index in [9.17, 15) is 4.79 Å². The first-order valence-electron chi connectivity index (χ1n) is 10.5. The van der Waals surface area contributed by atoms with Gasteiger partial charge in [-0.25, -0.2) is 9.78 Å². The van der Waals surface area contributed by atoms with Crippen molar-refractivity contribution in [2.24, 2.45) is 0 Å². The molecule has 2 aromatic carbocycles. The number of halogens is 1. The fraction of sp³-hybridized carbons (Fsp3) is 0.360. The molecule has 3 rings (SSSR count). The molecule has 32 heavy (non-hydrogen) atoms. The van der Waals surface area contributed by atoms with Crippen LogP contribution in [0.1, 0.15) is 35.1 Å². The van der Waals surface area contributed by atoms with Crippen LogP contribution in [0.4, 0.5) is 0 Å². The average molecular weight is 458 g/mol. The molecule has 0 aliphatic carbocycles. The maximum atomic E-state index is 12.0. The van der Waals surface area contributed by atoms with Crippen molar-refractivity contribution in [2.75, 3.05) is 13.7 Å². The van der Waals surface area contributed by atoms with E-state index in [2.05, 4.69) is 4.98 Å². The lowest BCUT2D eigenvalue weighted by Gasteiger charge is -2.18. The Kier molecular flexibility index (Phi) is 7.94. The summed E-state index contributed by atoms with van der Waals surface area (Å²) < 4.78 is 22.3. The number of nitrogens with zero attached hydrogens (tertiary/aromatic N) is 1. The minimum Gasteiger partial charge on any atom is -0.487 e. The van der Waals surface area contributed by atoms with Crippen LogP contribution in [0.15, 0.2) is 40.8 Å². The molecule has 0 aliphatic rings. The Bertz CT molecular complexity index is 1070. The summed E-state index contributed by atoms with van der Waals surface area (Å²) in [6.07, 6.45) is -0.180. The van der Waals surface area contributed by atoms with Crippen molar-refractivity contribution >= 4 is 17.6 Å². The molecule has 1 atom stereocenters. The molecule has 3 aromatic rings. The van der Waals surface area contributed by atoms with Gasteiger partial charge in [0.2, 0.25) is 5.89 Å². The van der Waals surface area contributed by atoms with Gasteiger partial charge in [0.05, 0.1) is 7.11 Å². The highest BCUT2D eigenvalue weighted by Crippen LogP contribution is 2.27. The van der Waals surface area contributed by atoms with Gasteiger partial charge in [-0.3, -0.25) is 0 Å². The summed E-state index contributed by atoms with van der Waals surface area (Å²) in [4.78, 5) is 16.6. The quantitative estimate of drug-likeness (QED) is 0.388. The van der Waals surface area contributed by atoms with Gasteiger partial charge in [-0.2, -0.15) is 0 Å². The molecular weight excluding hydrogens is 430 g/mol. The molecule has 0 amide bonds. The van der Waals surface area contributed by atoms with Gasteiger partial charge in [-0.15, -0.1) is 0 Å². The lowest BCUT2D eigenvalue weighted by molar-refractivity contribution is -0.153. The monoisotopic (exact) mass is 457 g/mol. The maximum absolute atomic E-state index is 12.0. The highest BCUT2D eigenvalue weighted by atomic mass is 35.5. The Balaban J connectivity index is 1.73. The van der Waals surface area contributed by atoms with Crippen LogP contribution in [0.5, 0.6) is 5.75 Å². The molecule has 0 unspecified atom stereocenters. The summed E-state index contributed by atoms with van der Waals surface area (Å²) in [5, 5.41) is 0.626. The van der Waals surface area contributed by atoms with E-state index in [1.807, 2.05) is 58.0 Å². The third-order valence-electron chi connectivity index (χ3n) is 5.23. The second-order valence-electron chi connectivity index (χ2n) is 7.53. The summed E-state index contributed by atoms with van der Waals surface area (Å²) in [5.74, 6) is 1.56. The molecule has 0 spiro atoms. The van der Waals surface area contributed by atoms with Crippen molar-refractivity contribution in [1.29, 1.82) is 0 Å². The summed E-state index contributed by atoms with van der Waals surface area (Å²) in [6.45, 7) is 8.42. The zero-order valence-electron chi connectivity index (χ0n) is 19.0. The topological polar surface area (TPSA) is 70.8 Å². The van der Waals surface area contributed by atoms with Crippen LogP contribution in [0.25, 0.3) is 11.5 Å². The SMILES string of the molecule is CCO[C@@H](Cc1c(C)cc(OCc2nc(-c3cccc(Cl)c3)oc2C)cc1C)C(=O)OC. The van der Waals surface area contributed by atoms with Gasteiger partial charge in [-0.05, 0) is 74.7 Å². The van der Waals surface area contributed by atoms with Crippen LogP contribution in [0.3, 0.4) is 0 Å². The minimum atomic E-state index is -0.628. The zero-order chi connectivity index (χ0) is 23.3. The highest BCUT2D eigenvalue weighted by molar-refractivity contribution is 6.30. The maximum Gasteiger partial charge on any atom is 0.335 e. The van der Waals surface area contributed by atoms with Crippen molar-refractivity contribution in [2.45, 2.75) is 46.8 Å². The number of oxazole rings is 1. The smallest absolute Gasteiger partial charge is 0.335 e. The molecular formula is C25H28ClNO5. The second kappa shape index (κ2) is 10.7. The Morgan fingerprint density at radius 1 is 1.16 bits per heavy atom. The number of aromatic nitrogens is 1. The Labute approximate surface area is 193 Å². The third kappa shape index (κ3) is 5.69. The molecule has 1 heterocycles. The molecule has 1 aromatic heterocycles. The predicted octanol–water partition coefficient (Wildman–Crippen LogP) is 5.62. The van der Waals surface area contributed by atoms with Crippen molar-refractivity contribution in [3.05, 3.63) is 69.6 Å². The standard InChI is InChI=1S/C25H28ClNO5/c1-6-30-23(25(28)29-5)13-21-15(2)10-20(11-16(21)3)31-14-22-17(4)32-24(27-22)18-8-7-9-19(26)12-18/h7-12,23H,6,13-14H2,1-5H3/t23-/m0/s1. The molecule has 0 bridgehead atoms. The van der Waals surface area contributed by atoms with Gasteiger partial charge in [0.1, 0.15) is 23.8 Å². The molecule has 6 nitrogen and oxygen atoms in total. The van der Waals surface area contributed by atoms with Crippen LogP contribution in [-0.4, -0.2) is 30.8 Å². The number of hydrogen-bond donors (Lipinski definition) is 0. The average Bonchev–Trinajstić information content (AvgIpc) is 3.14.